The molecule has 0 saturated heterocycles. The number of anilines is 2. The maximum absolute atomic E-state index is 13.9. The Kier molecular flexibility index (Phi) is 7.18. The summed E-state index contributed by atoms with van der Waals surface area (Å²) < 4.78 is 54.8. The predicted octanol–water partition coefficient (Wildman–Crippen LogP) is 5.91. The van der Waals surface area contributed by atoms with Crippen molar-refractivity contribution < 1.29 is 22.0 Å². The van der Waals surface area contributed by atoms with Crippen LogP contribution in [-0.4, -0.2) is 20.9 Å². The average Bonchev–Trinajstić information content (AvgIpc) is 2.75. The standard InChI is InChI=1S/C22H16Cl2F2N2O3S/c1-2-11-28(17-7-4-15(23)5-8-17)32(30,31)21-12-14(3-9-18(21)24)22(29)27-20-10-6-16(25)13-19(20)26/h2-10,12-13H,1,11H2,(H,27,29). The molecule has 0 heterocycles. The van der Waals surface area contributed by atoms with Crippen LogP contribution in [0, 0.1) is 11.6 Å². The van der Waals surface area contributed by atoms with E-state index in [-0.39, 0.29) is 27.7 Å². The molecule has 1 N–H and O–H groups in total. The van der Waals surface area contributed by atoms with E-state index in [1.807, 2.05) is 0 Å². The van der Waals surface area contributed by atoms with Gasteiger partial charge in [0.15, 0.2) is 0 Å². The van der Waals surface area contributed by atoms with Gasteiger partial charge in [0.25, 0.3) is 15.9 Å². The van der Waals surface area contributed by atoms with Crippen molar-refractivity contribution >= 4 is 50.5 Å². The summed E-state index contributed by atoms with van der Waals surface area (Å²) in [6, 6.07) is 12.4. The van der Waals surface area contributed by atoms with E-state index in [4.69, 9.17) is 23.2 Å². The molecule has 3 aromatic rings. The maximum Gasteiger partial charge on any atom is 0.266 e. The first-order chi connectivity index (χ1) is 15.1. The molecule has 0 fully saturated rings. The van der Waals surface area contributed by atoms with Gasteiger partial charge in [0.05, 0.1) is 22.9 Å². The first-order valence-corrected chi connectivity index (χ1v) is 11.3. The summed E-state index contributed by atoms with van der Waals surface area (Å²) in [6.45, 7) is 3.52. The Balaban J connectivity index is 1.99. The van der Waals surface area contributed by atoms with E-state index in [2.05, 4.69) is 11.9 Å². The molecule has 3 rings (SSSR count). The third kappa shape index (κ3) is 5.09. The van der Waals surface area contributed by atoms with Crippen LogP contribution in [0.2, 0.25) is 10.0 Å². The number of amides is 1. The molecule has 0 aromatic heterocycles. The minimum atomic E-state index is -4.22. The van der Waals surface area contributed by atoms with Crippen molar-refractivity contribution in [1.29, 1.82) is 0 Å². The number of nitrogens with one attached hydrogen (secondary N) is 1. The minimum absolute atomic E-state index is 0.0719. The topological polar surface area (TPSA) is 66.5 Å². The lowest BCUT2D eigenvalue weighted by Gasteiger charge is -2.24. The van der Waals surface area contributed by atoms with E-state index in [0.29, 0.717) is 16.8 Å². The monoisotopic (exact) mass is 496 g/mol. The molecule has 0 atom stereocenters. The molecule has 0 aliphatic rings. The van der Waals surface area contributed by atoms with Gasteiger partial charge in [-0.1, -0.05) is 29.3 Å². The molecule has 3 aromatic carbocycles. The third-order valence-electron chi connectivity index (χ3n) is 4.35. The Morgan fingerprint density at radius 2 is 1.72 bits per heavy atom. The Morgan fingerprint density at radius 3 is 2.34 bits per heavy atom. The molecule has 0 aliphatic heterocycles. The van der Waals surface area contributed by atoms with Crippen LogP contribution in [0.25, 0.3) is 0 Å². The average molecular weight is 497 g/mol. The van der Waals surface area contributed by atoms with Gasteiger partial charge < -0.3 is 5.32 Å². The second-order valence-electron chi connectivity index (χ2n) is 6.52. The zero-order chi connectivity index (χ0) is 23.5. The lowest BCUT2D eigenvalue weighted by Crippen LogP contribution is -2.31. The summed E-state index contributed by atoms with van der Waals surface area (Å²) in [5.41, 5.74) is -0.0369. The highest BCUT2D eigenvalue weighted by Gasteiger charge is 2.27. The molecule has 166 valence electrons. The minimum Gasteiger partial charge on any atom is -0.319 e. The number of carbonyl (C=O) groups is 1. The van der Waals surface area contributed by atoms with Gasteiger partial charge in [-0.2, -0.15) is 0 Å². The summed E-state index contributed by atoms with van der Waals surface area (Å²) in [5.74, 6) is -2.57. The zero-order valence-corrected chi connectivity index (χ0v) is 18.7. The van der Waals surface area contributed by atoms with Gasteiger partial charge in [-0.3, -0.25) is 9.10 Å². The van der Waals surface area contributed by atoms with Crippen LogP contribution in [0.15, 0.2) is 78.2 Å². The quantitative estimate of drug-likeness (QED) is 0.413. The second kappa shape index (κ2) is 9.68. The van der Waals surface area contributed by atoms with Crippen LogP contribution in [0.1, 0.15) is 10.4 Å². The molecule has 5 nitrogen and oxygen atoms in total. The van der Waals surface area contributed by atoms with E-state index in [1.54, 1.807) is 0 Å². The summed E-state index contributed by atoms with van der Waals surface area (Å²) >= 11 is 12.0. The molecule has 0 bridgehead atoms. The van der Waals surface area contributed by atoms with Crippen molar-refractivity contribution in [2.24, 2.45) is 0 Å². The fraction of sp³-hybridized carbons (Fsp3) is 0.0455. The number of hydrogen-bond donors (Lipinski definition) is 1. The normalized spacial score (nSPS) is 11.1. The van der Waals surface area contributed by atoms with Crippen molar-refractivity contribution in [3.05, 3.63) is 101 Å². The van der Waals surface area contributed by atoms with Crippen LogP contribution in [0.5, 0.6) is 0 Å². The first kappa shape index (κ1) is 23.7. The fourth-order valence-corrected chi connectivity index (χ4v) is 4.88. The molecule has 0 saturated carbocycles. The highest BCUT2D eigenvalue weighted by molar-refractivity contribution is 7.93. The van der Waals surface area contributed by atoms with E-state index in [1.165, 1.54) is 42.5 Å². The number of halogens is 4. The van der Waals surface area contributed by atoms with Gasteiger partial charge in [0, 0.05) is 16.7 Å². The van der Waals surface area contributed by atoms with Crippen molar-refractivity contribution in [3.63, 3.8) is 0 Å². The summed E-state index contributed by atoms with van der Waals surface area (Å²) in [7, 11) is -4.22. The van der Waals surface area contributed by atoms with E-state index in [0.717, 1.165) is 22.5 Å². The SMILES string of the molecule is C=CCN(c1ccc(Cl)cc1)S(=O)(=O)c1cc(C(=O)Nc2ccc(F)cc2F)ccc1Cl. The Morgan fingerprint density at radius 1 is 1.03 bits per heavy atom. The molecular weight excluding hydrogens is 481 g/mol. The lowest BCUT2D eigenvalue weighted by atomic mass is 10.2. The predicted molar refractivity (Wildman–Crippen MR) is 122 cm³/mol. The number of hydrogen-bond acceptors (Lipinski definition) is 3. The Bertz CT molecular complexity index is 1280. The molecule has 0 aliphatic carbocycles. The number of benzene rings is 3. The molecule has 1 amide bonds. The highest BCUT2D eigenvalue weighted by Crippen LogP contribution is 2.30. The number of sulfonamides is 1. The molecule has 10 heteroatoms. The van der Waals surface area contributed by atoms with Crippen molar-refractivity contribution in [2.75, 3.05) is 16.2 Å². The fourth-order valence-electron chi connectivity index (χ4n) is 2.81. The van der Waals surface area contributed by atoms with Gasteiger partial charge in [0.2, 0.25) is 0 Å². The van der Waals surface area contributed by atoms with Crippen molar-refractivity contribution in [1.82, 2.24) is 0 Å². The molecular formula is C22H16Cl2F2N2O3S. The molecule has 0 spiro atoms. The summed E-state index contributed by atoms with van der Waals surface area (Å²) in [6.07, 6.45) is 1.40. The van der Waals surface area contributed by atoms with E-state index < -0.39 is 27.6 Å². The van der Waals surface area contributed by atoms with E-state index in [9.17, 15) is 22.0 Å². The van der Waals surface area contributed by atoms with Crippen LogP contribution < -0.4 is 9.62 Å². The third-order valence-corrected chi connectivity index (χ3v) is 6.88. The Hall–Kier alpha value is -2.94. The number of nitrogens with zero attached hydrogens (tertiary/aromatic N) is 1. The zero-order valence-electron chi connectivity index (χ0n) is 16.4. The largest absolute Gasteiger partial charge is 0.319 e. The van der Waals surface area contributed by atoms with Crippen LogP contribution in [-0.2, 0) is 10.0 Å². The van der Waals surface area contributed by atoms with Crippen molar-refractivity contribution in [2.45, 2.75) is 4.90 Å². The van der Waals surface area contributed by atoms with Crippen LogP contribution in [0.4, 0.5) is 20.2 Å². The smallest absolute Gasteiger partial charge is 0.266 e. The van der Waals surface area contributed by atoms with Gasteiger partial charge >= 0.3 is 0 Å². The van der Waals surface area contributed by atoms with Gasteiger partial charge in [-0.05, 0) is 54.6 Å². The summed E-state index contributed by atoms with van der Waals surface area (Å²) in [5, 5.41) is 2.59. The Labute approximate surface area is 193 Å². The second-order valence-corrected chi connectivity index (χ2v) is 9.20. The van der Waals surface area contributed by atoms with Gasteiger partial charge in [-0.25, -0.2) is 17.2 Å². The number of rotatable bonds is 7. The van der Waals surface area contributed by atoms with Gasteiger partial charge in [0.1, 0.15) is 16.5 Å². The van der Waals surface area contributed by atoms with Crippen LogP contribution >= 0.6 is 23.2 Å². The van der Waals surface area contributed by atoms with E-state index >= 15 is 0 Å². The molecule has 0 radical (unpaired) electrons. The molecule has 0 unspecified atom stereocenters. The molecule has 32 heavy (non-hydrogen) atoms. The summed E-state index contributed by atoms with van der Waals surface area (Å²) in [4.78, 5) is 12.3. The first-order valence-electron chi connectivity index (χ1n) is 9.08. The lowest BCUT2D eigenvalue weighted by molar-refractivity contribution is 0.102. The van der Waals surface area contributed by atoms with Crippen molar-refractivity contribution in [3.8, 4) is 0 Å². The van der Waals surface area contributed by atoms with Gasteiger partial charge in [-0.15, -0.1) is 6.58 Å². The highest BCUT2D eigenvalue weighted by atomic mass is 35.5. The number of carbonyl (C=O) groups excluding carboxylic acids is 1. The maximum atomic E-state index is 13.9. The van der Waals surface area contributed by atoms with Crippen LogP contribution in [0.3, 0.4) is 0 Å².